The lowest BCUT2D eigenvalue weighted by molar-refractivity contribution is -0.383. The van der Waals surface area contributed by atoms with Crippen LogP contribution in [0, 0.1) is 22.5 Å². The molecule has 0 aliphatic carbocycles. The number of carbonyl (C=O) groups excluding carboxylic acids is 1. The van der Waals surface area contributed by atoms with Crippen LogP contribution in [0.3, 0.4) is 0 Å². The molecule has 0 radical (unpaired) electrons. The number of anilines is 1. The lowest BCUT2D eigenvalue weighted by Crippen LogP contribution is -2.12. The van der Waals surface area contributed by atoms with Gasteiger partial charge >= 0.3 is 0 Å². The third-order valence-electron chi connectivity index (χ3n) is 1.86. The molecule has 0 aliphatic rings. The van der Waals surface area contributed by atoms with Crippen LogP contribution in [0.5, 0.6) is 0 Å². The summed E-state index contributed by atoms with van der Waals surface area (Å²) in [7, 11) is 0. The lowest BCUT2D eigenvalue weighted by Gasteiger charge is -2.05. The topological polar surface area (TPSA) is 98.3 Å². The predicted molar refractivity (Wildman–Crippen MR) is 58.9 cm³/mol. The second-order valence-corrected chi connectivity index (χ2v) is 2.91. The molecular formula is C10H9N3O3. The highest BCUT2D eigenvalue weighted by Gasteiger charge is 2.14. The summed E-state index contributed by atoms with van der Waals surface area (Å²) in [6, 6.07) is 3.80. The van der Waals surface area contributed by atoms with Gasteiger partial charge in [-0.15, -0.1) is 6.42 Å². The van der Waals surface area contributed by atoms with Crippen LogP contribution in [0.4, 0.5) is 11.4 Å². The SMILES string of the molecule is C#CCNc1cc(C(N)=O)ccc1[N+](=O)[O-]. The Balaban J connectivity index is 3.16. The van der Waals surface area contributed by atoms with E-state index >= 15 is 0 Å². The standard InChI is InChI=1S/C10H9N3O3/c1-2-5-12-8-6-7(10(11)14)3-4-9(8)13(15)16/h1,3-4,6,12H,5H2,(H2,11,14). The van der Waals surface area contributed by atoms with Crippen LogP contribution in [0.1, 0.15) is 10.4 Å². The largest absolute Gasteiger partial charge is 0.369 e. The fourth-order valence-corrected chi connectivity index (χ4v) is 1.14. The van der Waals surface area contributed by atoms with Gasteiger partial charge in [0.1, 0.15) is 5.69 Å². The number of primary amides is 1. The number of nitrogens with two attached hydrogens (primary N) is 1. The van der Waals surface area contributed by atoms with Crippen molar-refractivity contribution in [3.63, 3.8) is 0 Å². The van der Waals surface area contributed by atoms with Gasteiger partial charge in [-0.25, -0.2) is 0 Å². The van der Waals surface area contributed by atoms with E-state index in [0.29, 0.717) is 0 Å². The van der Waals surface area contributed by atoms with E-state index in [1.54, 1.807) is 0 Å². The van der Waals surface area contributed by atoms with Gasteiger partial charge in [0.15, 0.2) is 0 Å². The summed E-state index contributed by atoms with van der Waals surface area (Å²) in [6.07, 6.45) is 5.03. The van der Waals surface area contributed by atoms with E-state index in [1.165, 1.54) is 18.2 Å². The number of benzene rings is 1. The molecule has 0 spiro atoms. The Morgan fingerprint density at radius 1 is 1.62 bits per heavy atom. The summed E-state index contributed by atoms with van der Waals surface area (Å²) in [4.78, 5) is 21.0. The average molecular weight is 219 g/mol. The second kappa shape index (κ2) is 4.79. The van der Waals surface area contributed by atoms with Gasteiger partial charge in [0, 0.05) is 11.6 Å². The molecular weight excluding hydrogens is 210 g/mol. The van der Waals surface area contributed by atoms with Gasteiger partial charge < -0.3 is 11.1 Å². The summed E-state index contributed by atoms with van der Waals surface area (Å²) in [5, 5.41) is 13.3. The molecule has 0 aliphatic heterocycles. The van der Waals surface area contributed by atoms with E-state index in [-0.39, 0.29) is 23.5 Å². The first kappa shape index (κ1) is 11.5. The van der Waals surface area contributed by atoms with E-state index < -0.39 is 10.8 Å². The minimum absolute atomic E-state index is 0.128. The van der Waals surface area contributed by atoms with Gasteiger partial charge in [0.2, 0.25) is 5.91 Å². The minimum Gasteiger partial charge on any atom is -0.369 e. The quantitative estimate of drug-likeness (QED) is 0.443. The zero-order chi connectivity index (χ0) is 12.1. The molecule has 0 heterocycles. The summed E-state index contributed by atoms with van der Waals surface area (Å²) < 4.78 is 0. The molecule has 0 fully saturated rings. The molecule has 1 rings (SSSR count). The van der Waals surface area contributed by atoms with E-state index in [0.717, 1.165) is 0 Å². The van der Waals surface area contributed by atoms with Crippen LogP contribution in [0.15, 0.2) is 18.2 Å². The molecule has 16 heavy (non-hydrogen) atoms. The molecule has 1 aromatic carbocycles. The van der Waals surface area contributed by atoms with Crippen molar-refractivity contribution in [3.8, 4) is 12.3 Å². The van der Waals surface area contributed by atoms with Crippen LogP contribution < -0.4 is 11.1 Å². The Labute approximate surface area is 91.6 Å². The first-order valence-corrected chi connectivity index (χ1v) is 4.32. The number of hydrogen-bond acceptors (Lipinski definition) is 4. The molecule has 3 N–H and O–H groups in total. The van der Waals surface area contributed by atoms with Crippen molar-refractivity contribution in [2.24, 2.45) is 5.73 Å². The average Bonchev–Trinajstić information content (AvgIpc) is 2.25. The van der Waals surface area contributed by atoms with Crippen molar-refractivity contribution in [1.82, 2.24) is 0 Å². The second-order valence-electron chi connectivity index (χ2n) is 2.91. The normalized spacial score (nSPS) is 9.19. The maximum atomic E-state index is 10.9. The molecule has 6 nitrogen and oxygen atoms in total. The first-order valence-electron chi connectivity index (χ1n) is 4.32. The van der Waals surface area contributed by atoms with Crippen LogP contribution in [0.2, 0.25) is 0 Å². The van der Waals surface area contributed by atoms with E-state index in [9.17, 15) is 14.9 Å². The van der Waals surface area contributed by atoms with Crippen molar-refractivity contribution in [3.05, 3.63) is 33.9 Å². The Morgan fingerprint density at radius 3 is 2.81 bits per heavy atom. The summed E-state index contributed by atoms with van der Waals surface area (Å²) in [5.41, 5.74) is 5.27. The highest BCUT2D eigenvalue weighted by atomic mass is 16.6. The smallest absolute Gasteiger partial charge is 0.292 e. The third kappa shape index (κ3) is 2.48. The number of nitrogens with zero attached hydrogens (tertiary/aromatic N) is 1. The minimum atomic E-state index is -0.654. The fourth-order valence-electron chi connectivity index (χ4n) is 1.14. The molecule has 0 bridgehead atoms. The number of nitro groups is 1. The van der Waals surface area contributed by atoms with Gasteiger partial charge in [-0.1, -0.05) is 5.92 Å². The van der Waals surface area contributed by atoms with E-state index in [1.807, 2.05) is 0 Å². The zero-order valence-corrected chi connectivity index (χ0v) is 8.27. The van der Waals surface area contributed by atoms with Gasteiger partial charge in [-0.3, -0.25) is 14.9 Å². The summed E-state index contributed by atoms with van der Waals surface area (Å²) in [6.45, 7) is 0.128. The highest BCUT2D eigenvalue weighted by molar-refractivity contribution is 5.94. The van der Waals surface area contributed by atoms with E-state index in [4.69, 9.17) is 12.2 Å². The first-order chi connectivity index (χ1) is 7.56. The highest BCUT2D eigenvalue weighted by Crippen LogP contribution is 2.24. The molecule has 0 saturated heterocycles. The Hall–Kier alpha value is -2.55. The molecule has 1 amide bonds. The van der Waals surface area contributed by atoms with Crippen molar-refractivity contribution >= 4 is 17.3 Å². The van der Waals surface area contributed by atoms with Crippen LogP contribution in [0.25, 0.3) is 0 Å². The number of rotatable bonds is 4. The number of carbonyl (C=O) groups is 1. The van der Waals surface area contributed by atoms with Gasteiger partial charge in [0.05, 0.1) is 11.5 Å². The lowest BCUT2D eigenvalue weighted by atomic mass is 10.1. The van der Waals surface area contributed by atoms with E-state index in [2.05, 4.69) is 11.2 Å². The van der Waals surface area contributed by atoms with Crippen LogP contribution in [-0.2, 0) is 0 Å². The van der Waals surface area contributed by atoms with Gasteiger partial charge in [-0.05, 0) is 12.1 Å². The summed E-state index contributed by atoms with van der Waals surface area (Å²) >= 11 is 0. The molecule has 1 aromatic rings. The summed E-state index contributed by atoms with van der Waals surface area (Å²) in [5.74, 6) is 1.63. The van der Waals surface area contributed by atoms with Gasteiger partial charge in [0.25, 0.3) is 5.69 Å². The van der Waals surface area contributed by atoms with Crippen molar-refractivity contribution in [2.45, 2.75) is 0 Å². The van der Waals surface area contributed by atoms with Crippen molar-refractivity contribution in [1.29, 1.82) is 0 Å². The van der Waals surface area contributed by atoms with Crippen LogP contribution >= 0.6 is 0 Å². The Kier molecular flexibility index (Phi) is 3.45. The molecule has 0 unspecified atom stereocenters. The monoisotopic (exact) mass is 219 g/mol. The predicted octanol–water partition coefficient (Wildman–Crippen LogP) is 0.739. The fraction of sp³-hybridized carbons (Fsp3) is 0.100. The number of amides is 1. The zero-order valence-electron chi connectivity index (χ0n) is 8.27. The number of nitrogens with one attached hydrogen (secondary N) is 1. The number of nitro benzene ring substituents is 1. The number of terminal acetylenes is 1. The maximum absolute atomic E-state index is 10.9. The molecule has 6 heteroatoms. The molecule has 0 saturated carbocycles. The van der Waals surface area contributed by atoms with Crippen molar-refractivity contribution in [2.75, 3.05) is 11.9 Å². The maximum Gasteiger partial charge on any atom is 0.292 e. The third-order valence-corrected chi connectivity index (χ3v) is 1.86. The number of hydrogen-bond donors (Lipinski definition) is 2. The molecule has 0 aromatic heterocycles. The van der Waals surface area contributed by atoms with Gasteiger partial charge in [-0.2, -0.15) is 0 Å². The Bertz CT molecular complexity index is 477. The molecule has 82 valence electrons. The van der Waals surface area contributed by atoms with Crippen molar-refractivity contribution < 1.29 is 9.72 Å². The van der Waals surface area contributed by atoms with Crippen LogP contribution in [-0.4, -0.2) is 17.4 Å². The molecule has 0 atom stereocenters. The Morgan fingerprint density at radius 2 is 2.31 bits per heavy atom.